The second-order valence-electron chi connectivity index (χ2n) is 9.33. The van der Waals surface area contributed by atoms with Gasteiger partial charge in [-0.3, -0.25) is 0 Å². The second-order valence-corrected chi connectivity index (χ2v) is 9.33. The molecule has 3 rings (SSSR count). The zero-order valence-corrected chi connectivity index (χ0v) is 20.0. The standard InChI is InChI=1S/C25H34O10/c1-14(10-11-32-16-7-5-15-6-9-20(27)33-17(15)12-16)4-8-19(25(2,3)31)35-24-23(30)22(29)21(28)18(13-26)34-24/h5-7,9-10,12,18-19,21-24,26,28-31H,4,8,11,13H2,1-3H3/b14-10+. The molecule has 0 bridgehead atoms. The lowest BCUT2D eigenvalue weighted by Gasteiger charge is -2.42. The van der Waals surface area contributed by atoms with Crippen molar-refractivity contribution in [1.82, 2.24) is 0 Å². The highest BCUT2D eigenvalue weighted by Crippen LogP contribution is 2.28. The Morgan fingerprint density at radius 1 is 1.14 bits per heavy atom. The van der Waals surface area contributed by atoms with Crippen LogP contribution >= 0.6 is 0 Å². The molecule has 0 spiro atoms. The van der Waals surface area contributed by atoms with Crippen LogP contribution in [0.15, 0.2) is 51.2 Å². The molecule has 1 aliphatic heterocycles. The fraction of sp³-hybridized carbons (Fsp3) is 0.560. The highest BCUT2D eigenvalue weighted by molar-refractivity contribution is 5.77. The zero-order valence-electron chi connectivity index (χ0n) is 20.0. The van der Waals surface area contributed by atoms with Gasteiger partial charge in [0.25, 0.3) is 0 Å². The van der Waals surface area contributed by atoms with Crippen molar-refractivity contribution in [2.75, 3.05) is 13.2 Å². The Kier molecular flexibility index (Phi) is 9.05. The average molecular weight is 495 g/mol. The van der Waals surface area contributed by atoms with Crippen LogP contribution in [-0.4, -0.2) is 81.2 Å². The molecule has 1 aliphatic rings. The van der Waals surface area contributed by atoms with Gasteiger partial charge in [0.15, 0.2) is 6.29 Å². The molecule has 0 amide bonds. The molecule has 0 aliphatic carbocycles. The molecular formula is C25H34O10. The average Bonchev–Trinajstić information content (AvgIpc) is 2.80. The maximum Gasteiger partial charge on any atom is 0.336 e. The number of aliphatic hydroxyl groups excluding tert-OH is 4. The van der Waals surface area contributed by atoms with Crippen molar-refractivity contribution in [3.63, 3.8) is 0 Å². The predicted molar refractivity (Wildman–Crippen MR) is 126 cm³/mol. The summed E-state index contributed by atoms with van der Waals surface area (Å²) in [4.78, 5) is 11.4. The van der Waals surface area contributed by atoms with Gasteiger partial charge in [-0.1, -0.05) is 5.57 Å². The van der Waals surface area contributed by atoms with E-state index in [-0.39, 0.29) is 6.61 Å². The first-order chi connectivity index (χ1) is 16.5. The number of allylic oxidation sites excluding steroid dienone is 1. The van der Waals surface area contributed by atoms with Crippen molar-refractivity contribution in [2.45, 2.75) is 76.0 Å². The van der Waals surface area contributed by atoms with Crippen LogP contribution < -0.4 is 10.4 Å². The van der Waals surface area contributed by atoms with Gasteiger partial charge in [0.2, 0.25) is 0 Å². The van der Waals surface area contributed by atoms with E-state index in [2.05, 4.69) is 0 Å². The topological polar surface area (TPSA) is 159 Å². The largest absolute Gasteiger partial charge is 0.489 e. The Morgan fingerprint density at radius 2 is 1.86 bits per heavy atom. The quantitative estimate of drug-likeness (QED) is 0.237. The first-order valence-corrected chi connectivity index (χ1v) is 11.5. The number of hydrogen-bond acceptors (Lipinski definition) is 10. The second kappa shape index (κ2) is 11.6. The van der Waals surface area contributed by atoms with E-state index in [1.54, 1.807) is 38.1 Å². The van der Waals surface area contributed by atoms with Crippen LogP contribution in [-0.2, 0) is 9.47 Å². The van der Waals surface area contributed by atoms with Crippen LogP contribution in [0.3, 0.4) is 0 Å². The molecule has 10 heteroatoms. The summed E-state index contributed by atoms with van der Waals surface area (Å²) >= 11 is 0. The van der Waals surface area contributed by atoms with E-state index in [4.69, 9.17) is 18.6 Å². The Hall–Kier alpha value is -2.31. The van der Waals surface area contributed by atoms with E-state index in [0.29, 0.717) is 24.2 Å². The van der Waals surface area contributed by atoms with Crippen LogP contribution in [0.2, 0.25) is 0 Å². The van der Waals surface area contributed by atoms with Gasteiger partial charge < -0.3 is 44.2 Å². The van der Waals surface area contributed by atoms with Crippen LogP contribution in [0.25, 0.3) is 11.0 Å². The lowest BCUT2D eigenvalue weighted by atomic mass is 9.94. The van der Waals surface area contributed by atoms with Crippen molar-refractivity contribution in [3.8, 4) is 5.75 Å². The van der Waals surface area contributed by atoms with E-state index in [1.165, 1.54) is 6.07 Å². The fourth-order valence-corrected chi connectivity index (χ4v) is 3.80. The van der Waals surface area contributed by atoms with E-state index >= 15 is 0 Å². The minimum absolute atomic E-state index is 0.273. The van der Waals surface area contributed by atoms with Crippen molar-refractivity contribution >= 4 is 11.0 Å². The monoisotopic (exact) mass is 494 g/mol. The number of rotatable bonds is 10. The highest BCUT2D eigenvalue weighted by Gasteiger charge is 2.46. The van der Waals surface area contributed by atoms with Crippen LogP contribution in [0.1, 0.15) is 33.6 Å². The van der Waals surface area contributed by atoms with Crippen molar-refractivity contribution in [3.05, 3.63) is 52.4 Å². The minimum atomic E-state index is -1.56. The summed E-state index contributed by atoms with van der Waals surface area (Å²) in [5, 5.41) is 50.9. The summed E-state index contributed by atoms with van der Waals surface area (Å²) in [5.41, 5.74) is -0.333. The minimum Gasteiger partial charge on any atom is -0.489 e. The van der Waals surface area contributed by atoms with Crippen molar-refractivity contribution in [1.29, 1.82) is 0 Å². The molecule has 1 aromatic carbocycles. The summed E-state index contributed by atoms with van der Waals surface area (Å²) in [6.45, 7) is 4.72. The molecule has 0 radical (unpaired) electrons. The Labute approximate surface area is 203 Å². The van der Waals surface area contributed by atoms with Gasteiger partial charge in [0.1, 0.15) is 42.4 Å². The van der Waals surface area contributed by atoms with Crippen LogP contribution in [0.4, 0.5) is 0 Å². The highest BCUT2D eigenvalue weighted by atomic mass is 16.7. The molecular weight excluding hydrogens is 460 g/mol. The third-order valence-corrected chi connectivity index (χ3v) is 6.01. The summed E-state index contributed by atoms with van der Waals surface area (Å²) in [6, 6.07) is 8.27. The zero-order chi connectivity index (χ0) is 25.8. The van der Waals surface area contributed by atoms with E-state index in [9.17, 15) is 30.3 Å². The molecule has 5 N–H and O–H groups in total. The summed E-state index contributed by atoms with van der Waals surface area (Å²) in [7, 11) is 0. The van der Waals surface area contributed by atoms with Gasteiger partial charge >= 0.3 is 5.63 Å². The first kappa shape index (κ1) is 27.3. The van der Waals surface area contributed by atoms with E-state index < -0.39 is 54.6 Å². The number of fused-ring (bicyclic) bond motifs is 1. The molecule has 35 heavy (non-hydrogen) atoms. The number of ether oxygens (including phenoxy) is 3. The van der Waals surface area contributed by atoms with Gasteiger partial charge in [-0.05, 0) is 57.9 Å². The smallest absolute Gasteiger partial charge is 0.336 e. The molecule has 1 aromatic heterocycles. The van der Waals surface area contributed by atoms with Gasteiger partial charge in [-0.25, -0.2) is 4.79 Å². The maximum atomic E-state index is 11.4. The number of benzene rings is 1. The maximum absolute atomic E-state index is 11.4. The molecule has 10 nitrogen and oxygen atoms in total. The molecule has 1 saturated heterocycles. The molecule has 0 saturated carbocycles. The Balaban J connectivity index is 1.57. The SMILES string of the molecule is C/C(=C\COc1ccc2ccc(=O)oc2c1)CCC(OC1OC(CO)C(O)C(O)C1O)C(C)(C)O. The lowest BCUT2D eigenvalue weighted by Crippen LogP contribution is -2.60. The first-order valence-electron chi connectivity index (χ1n) is 11.5. The normalized spacial score (nSPS) is 26.6. The summed E-state index contributed by atoms with van der Waals surface area (Å²) in [6.07, 6.45) is -5.03. The van der Waals surface area contributed by atoms with Gasteiger partial charge in [-0.15, -0.1) is 0 Å². The third-order valence-electron chi connectivity index (χ3n) is 6.01. The van der Waals surface area contributed by atoms with Gasteiger partial charge in [0, 0.05) is 17.5 Å². The number of hydrogen-bond donors (Lipinski definition) is 5. The Bertz CT molecular complexity index is 1050. The van der Waals surface area contributed by atoms with E-state index in [1.807, 2.05) is 13.0 Å². The van der Waals surface area contributed by atoms with Crippen LogP contribution in [0.5, 0.6) is 5.75 Å². The molecule has 1 fully saturated rings. The lowest BCUT2D eigenvalue weighted by molar-refractivity contribution is -0.322. The fourth-order valence-electron chi connectivity index (χ4n) is 3.80. The predicted octanol–water partition coefficient (Wildman–Crippen LogP) is 0.854. The molecule has 6 unspecified atom stereocenters. The third kappa shape index (κ3) is 7.11. The van der Waals surface area contributed by atoms with Crippen LogP contribution in [0, 0.1) is 0 Å². The summed E-state index contributed by atoms with van der Waals surface area (Å²) < 4.78 is 22.1. The summed E-state index contributed by atoms with van der Waals surface area (Å²) in [5.74, 6) is 0.552. The van der Waals surface area contributed by atoms with Crippen molar-refractivity contribution in [2.24, 2.45) is 0 Å². The molecule has 6 atom stereocenters. The van der Waals surface area contributed by atoms with Gasteiger partial charge in [0.05, 0.1) is 18.3 Å². The Morgan fingerprint density at radius 3 is 2.54 bits per heavy atom. The van der Waals surface area contributed by atoms with E-state index in [0.717, 1.165) is 11.0 Å². The molecule has 194 valence electrons. The number of aliphatic hydroxyl groups is 5. The molecule has 2 heterocycles. The van der Waals surface area contributed by atoms with Crippen molar-refractivity contribution < 1.29 is 44.2 Å². The molecule has 2 aromatic rings. The van der Waals surface area contributed by atoms with Gasteiger partial charge in [-0.2, -0.15) is 0 Å².